The van der Waals surface area contributed by atoms with Crippen LogP contribution >= 0.6 is 0 Å². The average molecular weight is 384 g/mol. The predicted octanol–water partition coefficient (Wildman–Crippen LogP) is 2.58. The first-order chi connectivity index (χ1) is 11.8. The Kier molecular flexibility index (Phi) is 4.49. The van der Waals surface area contributed by atoms with Crippen LogP contribution in [0.5, 0.6) is 5.75 Å². The number of rotatable bonds is 2. The predicted molar refractivity (Wildman–Crippen MR) is 102 cm³/mol. The normalized spacial score (nSPS) is 17.4. The maximum atomic E-state index is 5.74. The molecule has 2 aromatic rings. The standard InChI is InChI=1S/C21H23NOSe/c1-3-23-16-8-9-18-20(14-16)24-19-7-5-4-6-17(19)21(18)15-10-12-22(2)13-11-15/h4-9,14H,3,10-13H2,1-2H3. The maximum absolute atomic E-state index is 5.74. The van der Waals surface area contributed by atoms with Crippen molar-refractivity contribution in [1.29, 1.82) is 0 Å². The van der Waals surface area contributed by atoms with Gasteiger partial charge in [0.2, 0.25) is 0 Å². The molecule has 2 nitrogen and oxygen atoms in total. The van der Waals surface area contributed by atoms with Crippen LogP contribution < -0.4 is 13.7 Å². The van der Waals surface area contributed by atoms with Gasteiger partial charge in [0, 0.05) is 0 Å². The first kappa shape index (κ1) is 16.0. The number of hydrogen-bond acceptors (Lipinski definition) is 2. The minimum absolute atomic E-state index is 0.356. The van der Waals surface area contributed by atoms with Gasteiger partial charge >= 0.3 is 151 Å². The SMILES string of the molecule is CCOc1ccc2c(c1)[Se]c1ccccc1C2=C1CCN(C)CC1. The van der Waals surface area contributed by atoms with E-state index in [9.17, 15) is 0 Å². The molecule has 0 N–H and O–H groups in total. The van der Waals surface area contributed by atoms with Gasteiger partial charge in [0.25, 0.3) is 0 Å². The first-order valence-electron chi connectivity index (χ1n) is 8.71. The molecule has 2 aromatic carbocycles. The van der Waals surface area contributed by atoms with Gasteiger partial charge in [-0.15, -0.1) is 0 Å². The number of nitrogens with zero attached hydrogens (tertiary/aromatic N) is 1. The molecule has 0 spiro atoms. The van der Waals surface area contributed by atoms with Crippen molar-refractivity contribution in [2.45, 2.75) is 19.8 Å². The topological polar surface area (TPSA) is 12.5 Å². The molecule has 0 bridgehead atoms. The van der Waals surface area contributed by atoms with Crippen LogP contribution in [0.4, 0.5) is 0 Å². The number of fused-ring (bicyclic) bond motifs is 2. The summed E-state index contributed by atoms with van der Waals surface area (Å²) in [7, 11) is 2.22. The van der Waals surface area contributed by atoms with Gasteiger partial charge in [-0.05, 0) is 0 Å². The van der Waals surface area contributed by atoms with Gasteiger partial charge in [-0.25, -0.2) is 0 Å². The van der Waals surface area contributed by atoms with Gasteiger partial charge in [0.15, 0.2) is 0 Å². The van der Waals surface area contributed by atoms with E-state index < -0.39 is 0 Å². The molecule has 0 aliphatic carbocycles. The Bertz CT molecular complexity index is 786. The summed E-state index contributed by atoms with van der Waals surface area (Å²) in [6.45, 7) is 5.10. The Balaban J connectivity index is 1.85. The zero-order chi connectivity index (χ0) is 16.5. The van der Waals surface area contributed by atoms with Crippen molar-refractivity contribution in [3.63, 3.8) is 0 Å². The van der Waals surface area contributed by atoms with E-state index in [0.717, 1.165) is 12.4 Å². The van der Waals surface area contributed by atoms with E-state index in [2.05, 4.69) is 54.4 Å². The Morgan fingerprint density at radius 1 is 1.00 bits per heavy atom. The van der Waals surface area contributed by atoms with Gasteiger partial charge in [-0.1, -0.05) is 0 Å². The molecule has 2 aliphatic rings. The third-order valence-corrected chi connectivity index (χ3v) is 7.23. The number of benzene rings is 2. The second kappa shape index (κ2) is 6.76. The van der Waals surface area contributed by atoms with Crippen molar-refractivity contribution in [3.8, 4) is 5.75 Å². The molecule has 0 amide bonds. The van der Waals surface area contributed by atoms with Crippen molar-refractivity contribution in [3.05, 3.63) is 59.2 Å². The molecular formula is C21H23NOSe. The van der Waals surface area contributed by atoms with Crippen LogP contribution in [-0.2, 0) is 0 Å². The van der Waals surface area contributed by atoms with Crippen molar-refractivity contribution in [2.75, 3.05) is 26.7 Å². The minimum atomic E-state index is 0.356. The molecule has 0 unspecified atom stereocenters. The van der Waals surface area contributed by atoms with Crippen LogP contribution in [0, 0.1) is 0 Å². The fourth-order valence-electron chi connectivity index (χ4n) is 3.60. The Morgan fingerprint density at radius 2 is 1.75 bits per heavy atom. The summed E-state index contributed by atoms with van der Waals surface area (Å²) in [4.78, 5) is 2.43. The van der Waals surface area contributed by atoms with Gasteiger partial charge in [0.1, 0.15) is 0 Å². The van der Waals surface area contributed by atoms with E-state index in [1.807, 2.05) is 6.92 Å². The zero-order valence-corrected chi connectivity index (χ0v) is 16.1. The van der Waals surface area contributed by atoms with Crippen LogP contribution in [0.2, 0.25) is 0 Å². The quantitative estimate of drug-likeness (QED) is 0.630. The van der Waals surface area contributed by atoms with Crippen molar-refractivity contribution < 1.29 is 4.74 Å². The molecule has 0 aromatic heterocycles. The van der Waals surface area contributed by atoms with E-state index in [4.69, 9.17) is 4.74 Å². The molecule has 0 saturated carbocycles. The van der Waals surface area contributed by atoms with Crippen LogP contribution in [0.1, 0.15) is 30.9 Å². The molecule has 1 fully saturated rings. The summed E-state index contributed by atoms with van der Waals surface area (Å²) in [5.41, 5.74) is 6.04. The fraction of sp³-hybridized carbons (Fsp3) is 0.333. The van der Waals surface area contributed by atoms with Gasteiger partial charge in [-0.2, -0.15) is 0 Å². The summed E-state index contributed by atoms with van der Waals surface area (Å²) in [5, 5.41) is 0. The third kappa shape index (κ3) is 2.93. The summed E-state index contributed by atoms with van der Waals surface area (Å²) < 4.78 is 8.72. The first-order valence-corrected chi connectivity index (χ1v) is 10.4. The van der Waals surface area contributed by atoms with E-state index >= 15 is 0 Å². The summed E-state index contributed by atoms with van der Waals surface area (Å²) in [6.07, 6.45) is 2.36. The molecule has 0 atom stereocenters. The van der Waals surface area contributed by atoms with E-state index in [0.29, 0.717) is 15.0 Å². The molecule has 124 valence electrons. The third-order valence-electron chi connectivity index (χ3n) is 4.85. The molecule has 1 saturated heterocycles. The van der Waals surface area contributed by atoms with Gasteiger partial charge in [-0.3, -0.25) is 0 Å². The van der Waals surface area contributed by atoms with Crippen LogP contribution in [0.15, 0.2) is 48.0 Å². The molecule has 4 rings (SSSR count). The average Bonchev–Trinajstić information content (AvgIpc) is 2.61. The second-order valence-corrected chi connectivity index (χ2v) is 8.74. The Morgan fingerprint density at radius 3 is 2.54 bits per heavy atom. The summed E-state index contributed by atoms with van der Waals surface area (Å²) in [5.74, 6) is 1.00. The summed E-state index contributed by atoms with van der Waals surface area (Å²) in [6, 6.07) is 15.7. The van der Waals surface area contributed by atoms with Crippen molar-refractivity contribution >= 4 is 29.5 Å². The van der Waals surface area contributed by atoms with Crippen LogP contribution in [0.3, 0.4) is 0 Å². The van der Waals surface area contributed by atoms with E-state index in [1.54, 1.807) is 5.57 Å². The fourth-order valence-corrected chi connectivity index (χ4v) is 5.94. The number of piperidine rings is 1. The zero-order valence-electron chi connectivity index (χ0n) is 14.3. The summed E-state index contributed by atoms with van der Waals surface area (Å²) >= 11 is 0.356. The Hall–Kier alpha value is -1.54. The van der Waals surface area contributed by atoms with Crippen molar-refractivity contribution in [1.82, 2.24) is 4.90 Å². The number of hydrogen-bond donors (Lipinski definition) is 0. The number of likely N-dealkylation sites (tertiary alicyclic amines) is 1. The van der Waals surface area contributed by atoms with Crippen LogP contribution in [-0.4, -0.2) is 46.6 Å². The Labute approximate surface area is 150 Å². The van der Waals surface area contributed by atoms with Crippen molar-refractivity contribution in [2.24, 2.45) is 0 Å². The molecular weight excluding hydrogens is 361 g/mol. The van der Waals surface area contributed by atoms with Gasteiger partial charge in [0.05, 0.1) is 0 Å². The monoisotopic (exact) mass is 385 g/mol. The van der Waals surface area contributed by atoms with Gasteiger partial charge < -0.3 is 0 Å². The van der Waals surface area contributed by atoms with E-state index in [-0.39, 0.29) is 0 Å². The molecule has 24 heavy (non-hydrogen) atoms. The van der Waals surface area contributed by atoms with E-state index in [1.165, 1.54) is 51.6 Å². The van der Waals surface area contributed by atoms with Crippen LogP contribution in [0.25, 0.3) is 5.57 Å². The second-order valence-electron chi connectivity index (χ2n) is 6.47. The number of ether oxygens (including phenoxy) is 1. The molecule has 2 heterocycles. The molecule has 3 heteroatoms. The molecule has 0 radical (unpaired) electrons. The molecule has 2 aliphatic heterocycles.